The molecule has 0 aliphatic carbocycles. The Morgan fingerprint density at radius 3 is 2.52 bits per heavy atom. The molecule has 0 radical (unpaired) electrons. The van der Waals surface area contributed by atoms with E-state index in [0.29, 0.717) is 29.6 Å². The van der Waals surface area contributed by atoms with Crippen molar-refractivity contribution in [3.8, 4) is 6.07 Å². The van der Waals surface area contributed by atoms with Gasteiger partial charge in [-0.1, -0.05) is 17.7 Å². The number of likely N-dealkylation sites (N-methyl/N-ethyl adjacent to an activating group) is 1. The van der Waals surface area contributed by atoms with Gasteiger partial charge in [0.2, 0.25) is 9.84 Å². The number of hydrogen-bond donors (Lipinski definition) is 1. The molecule has 1 saturated heterocycles. The number of aryl methyl sites for hydroxylation is 1. The average molecular weight is 485 g/mol. The maximum atomic E-state index is 13.5. The first-order valence-electron chi connectivity index (χ1n) is 10.4. The fraction of sp³-hybridized carbons (Fsp3) is 0.261. The summed E-state index contributed by atoms with van der Waals surface area (Å²) in [5.41, 5.74) is 0.969. The Morgan fingerprint density at radius 1 is 1.21 bits per heavy atom. The summed E-state index contributed by atoms with van der Waals surface area (Å²) in [5.74, 6) is 0.390. The maximum absolute atomic E-state index is 13.5. The minimum atomic E-state index is -4.16. The number of halogens is 1. The third-order valence-electron chi connectivity index (χ3n) is 5.78. The summed E-state index contributed by atoms with van der Waals surface area (Å²) in [6, 6.07) is 10.9. The molecule has 0 amide bonds. The van der Waals surface area contributed by atoms with Crippen LogP contribution >= 0.6 is 11.6 Å². The van der Waals surface area contributed by atoms with Gasteiger partial charge in [-0.15, -0.1) is 0 Å². The summed E-state index contributed by atoms with van der Waals surface area (Å²) in [6.07, 6.45) is 2.74. The number of rotatable bonds is 4. The van der Waals surface area contributed by atoms with Gasteiger partial charge in [-0.2, -0.15) is 5.26 Å². The number of benzene rings is 1. The number of sulfone groups is 1. The second-order valence-corrected chi connectivity index (χ2v) is 10.4. The van der Waals surface area contributed by atoms with E-state index in [1.165, 1.54) is 33.6 Å². The monoisotopic (exact) mass is 484 g/mol. The third-order valence-corrected chi connectivity index (χ3v) is 7.71. The molecule has 0 saturated carbocycles. The second kappa shape index (κ2) is 8.98. The van der Waals surface area contributed by atoms with Gasteiger partial charge in [0, 0.05) is 11.2 Å². The van der Waals surface area contributed by atoms with Gasteiger partial charge in [0.25, 0.3) is 5.56 Å². The van der Waals surface area contributed by atoms with E-state index in [2.05, 4.69) is 7.05 Å². The molecule has 0 unspecified atom stereocenters. The minimum Gasteiger partial charge on any atom is -0.345 e. The lowest BCUT2D eigenvalue weighted by Gasteiger charge is -2.31. The molecule has 33 heavy (non-hydrogen) atoms. The zero-order valence-electron chi connectivity index (χ0n) is 18.2. The average Bonchev–Trinajstić information content (AvgIpc) is 2.79. The zero-order chi connectivity index (χ0) is 23.8. The topological polar surface area (TPSA) is 100.0 Å². The number of hydrogen-bond acceptors (Lipinski definition) is 6. The number of nitriles is 1. The number of piperazine rings is 1. The van der Waals surface area contributed by atoms with Crippen LogP contribution < -0.4 is 15.4 Å². The number of quaternary nitrogens is 1. The van der Waals surface area contributed by atoms with Crippen molar-refractivity contribution in [2.75, 3.05) is 38.1 Å². The van der Waals surface area contributed by atoms with Crippen molar-refractivity contribution in [3.05, 3.63) is 74.0 Å². The molecule has 1 aromatic carbocycles. The first-order chi connectivity index (χ1) is 15.7. The molecule has 0 bridgehead atoms. The molecule has 8 nitrogen and oxygen atoms in total. The van der Waals surface area contributed by atoms with Crippen LogP contribution in [-0.4, -0.2) is 51.0 Å². The van der Waals surface area contributed by atoms with E-state index in [9.17, 15) is 18.5 Å². The Balaban J connectivity index is 1.95. The molecule has 2 aromatic heterocycles. The number of pyridine rings is 1. The standard InChI is InChI=1S/C23H22ClN5O3S/c1-16-4-3-9-29-21(16)26-22(28-12-10-27(2)11-13-28)20(23(29)30)14-19(15-25)33(31,32)18-7-5-17(24)6-8-18/h3-9,14H,10-13H2,1-2H3/p+1/b19-14-. The van der Waals surface area contributed by atoms with Crippen molar-refractivity contribution in [1.82, 2.24) is 9.38 Å². The molecule has 10 heteroatoms. The summed E-state index contributed by atoms with van der Waals surface area (Å²) < 4.78 is 27.7. The van der Waals surface area contributed by atoms with Crippen molar-refractivity contribution < 1.29 is 13.3 Å². The quantitative estimate of drug-likeness (QED) is 0.561. The van der Waals surface area contributed by atoms with Crippen molar-refractivity contribution in [2.24, 2.45) is 0 Å². The van der Waals surface area contributed by atoms with Crippen molar-refractivity contribution >= 4 is 39.0 Å². The molecule has 1 N–H and O–H groups in total. The van der Waals surface area contributed by atoms with Gasteiger partial charge in [0.15, 0.2) is 0 Å². The molecule has 0 atom stereocenters. The van der Waals surface area contributed by atoms with Crippen molar-refractivity contribution in [1.29, 1.82) is 5.26 Å². The van der Waals surface area contributed by atoms with E-state index >= 15 is 0 Å². The predicted molar refractivity (Wildman–Crippen MR) is 127 cm³/mol. The van der Waals surface area contributed by atoms with Crippen LogP contribution in [0.5, 0.6) is 0 Å². The lowest BCUT2D eigenvalue weighted by molar-refractivity contribution is -0.880. The lowest BCUT2D eigenvalue weighted by atomic mass is 10.2. The predicted octanol–water partition coefficient (Wildman–Crippen LogP) is 1.33. The Kier molecular flexibility index (Phi) is 6.26. The zero-order valence-corrected chi connectivity index (χ0v) is 19.8. The fourth-order valence-corrected chi connectivity index (χ4v) is 5.08. The van der Waals surface area contributed by atoms with Crippen LogP contribution in [0.4, 0.5) is 5.82 Å². The van der Waals surface area contributed by atoms with E-state index in [1.54, 1.807) is 18.3 Å². The van der Waals surface area contributed by atoms with E-state index in [4.69, 9.17) is 16.6 Å². The van der Waals surface area contributed by atoms with E-state index < -0.39 is 20.3 Å². The van der Waals surface area contributed by atoms with Gasteiger partial charge in [-0.05, 0) is 48.9 Å². The lowest BCUT2D eigenvalue weighted by Crippen LogP contribution is -3.12. The van der Waals surface area contributed by atoms with Gasteiger partial charge in [-0.3, -0.25) is 9.20 Å². The van der Waals surface area contributed by atoms with Crippen LogP contribution in [0.25, 0.3) is 11.7 Å². The Bertz CT molecular complexity index is 1450. The third kappa shape index (κ3) is 4.37. The Labute approximate surface area is 196 Å². The Morgan fingerprint density at radius 2 is 1.88 bits per heavy atom. The van der Waals surface area contributed by atoms with E-state index in [1.807, 2.05) is 17.9 Å². The van der Waals surface area contributed by atoms with Gasteiger partial charge < -0.3 is 9.80 Å². The molecular formula is C23H23ClN5O3S+. The van der Waals surface area contributed by atoms with Crippen LogP contribution in [0.3, 0.4) is 0 Å². The molecule has 0 spiro atoms. The maximum Gasteiger partial charge on any atom is 0.267 e. The number of fused-ring (bicyclic) bond motifs is 1. The molecule has 1 fully saturated rings. The van der Waals surface area contributed by atoms with Gasteiger partial charge in [0.1, 0.15) is 22.4 Å². The first kappa shape index (κ1) is 23.0. The normalized spacial score (nSPS) is 15.6. The number of allylic oxidation sites excluding steroid dienone is 1. The van der Waals surface area contributed by atoms with Crippen LogP contribution in [-0.2, 0) is 9.84 Å². The highest BCUT2D eigenvalue weighted by atomic mass is 35.5. The van der Waals surface area contributed by atoms with Crippen molar-refractivity contribution in [2.45, 2.75) is 11.8 Å². The smallest absolute Gasteiger partial charge is 0.267 e. The minimum absolute atomic E-state index is 0.0749. The molecule has 170 valence electrons. The summed E-state index contributed by atoms with van der Waals surface area (Å²) in [6.45, 7) is 4.89. The SMILES string of the molecule is Cc1cccn2c(=O)c(/C=C(/C#N)S(=O)(=O)c3ccc(Cl)cc3)c(N3CC[NH+](C)CC3)nc12. The van der Waals surface area contributed by atoms with Gasteiger partial charge in [0.05, 0.1) is 43.7 Å². The molecular weight excluding hydrogens is 462 g/mol. The highest BCUT2D eigenvalue weighted by molar-refractivity contribution is 7.95. The highest BCUT2D eigenvalue weighted by Crippen LogP contribution is 2.25. The highest BCUT2D eigenvalue weighted by Gasteiger charge is 2.26. The van der Waals surface area contributed by atoms with Crippen LogP contribution in [0.15, 0.2) is 57.2 Å². The fourth-order valence-electron chi connectivity index (χ4n) is 3.81. The Hall–Kier alpha value is -3.19. The summed E-state index contributed by atoms with van der Waals surface area (Å²) in [7, 11) is -2.06. The molecule has 1 aliphatic heterocycles. The number of aromatic nitrogens is 2. The largest absolute Gasteiger partial charge is 0.345 e. The molecule has 3 heterocycles. The molecule has 1 aliphatic rings. The number of anilines is 1. The summed E-state index contributed by atoms with van der Waals surface area (Å²) in [4.78, 5) is 21.0. The molecule has 3 aromatic rings. The second-order valence-electron chi connectivity index (χ2n) is 8.06. The van der Waals surface area contributed by atoms with E-state index in [0.717, 1.165) is 24.7 Å². The molecule has 4 rings (SSSR count). The van der Waals surface area contributed by atoms with Crippen LogP contribution in [0.2, 0.25) is 5.02 Å². The first-order valence-corrected chi connectivity index (χ1v) is 12.3. The van der Waals surface area contributed by atoms with Gasteiger partial charge >= 0.3 is 0 Å². The van der Waals surface area contributed by atoms with Crippen LogP contribution in [0.1, 0.15) is 11.1 Å². The van der Waals surface area contributed by atoms with Crippen molar-refractivity contribution in [3.63, 3.8) is 0 Å². The number of nitrogens with zero attached hydrogens (tertiary/aromatic N) is 4. The van der Waals surface area contributed by atoms with Gasteiger partial charge in [-0.25, -0.2) is 13.4 Å². The number of nitrogens with one attached hydrogen (secondary N) is 1. The van der Waals surface area contributed by atoms with E-state index in [-0.39, 0.29) is 10.5 Å². The summed E-state index contributed by atoms with van der Waals surface area (Å²) >= 11 is 5.88. The van der Waals surface area contributed by atoms with Crippen LogP contribution in [0, 0.1) is 18.3 Å². The summed E-state index contributed by atoms with van der Waals surface area (Å²) in [5, 5.41) is 10.1.